The number of nitrogens with one attached hydrogen (secondary N) is 3. The Balaban J connectivity index is 4.31. The van der Waals surface area contributed by atoms with Crippen molar-refractivity contribution in [3.63, 3.8) is 0 Å². The van der Waals surface area contributed by atoms with Crippen LogP contribution in [0.1, 0.15) is 74.7 Å². The van der Waals surface area contributed by atoms with Crippen molar-refractivity contribution in [3.8, 4) is 0 Å². The number of carbonyl (C=O) groups is 6. The number of carboxylic acids is 2. The molecule has 0 heterocycles. The van der Waals surface area contributed by atoms with Crippen LogP contribution in [0.3, 0.4) is 0 Å². The minimum absolute atomic E-state index is 0.0260. The van der Waals surface area contributed by atoms with Crippen LogP contribution in [0.25, 0.3) is 0 Å². The molecule has 0 aromatic rings. The van der Waals surface area contributed by atoms with Gasteiger partial charge in [-0.3, -0.25) is 24.0 Å². The lowest BCUT2D eigenvalue weighted by molar-refractivity contribution is -0.146. The molecule has 0 aliphatic rings. The van der Waals surface area contributed by atoms with Crippen LogP contribution in [0.5, 0.6) is 0 Å². The Morgan fingerprint density at radius 3 is 1.60 bits per heavy atom. The normalized spacial score (nSPS) is 13.5. The monoisotopic (exact) mass is 675 g/mol. The van der Waals surface area contributed by atoms with E-state index in [1.165, 1.54) is 13.8 Å². The van der Waals surface area contributed by atoms with E-state index in [1.807, 2.05) is 0 Å². The maximum Gasteiger partial charge on any atom is 0.326 e. The van der Waals surface area contributed by atoms with E-state index in [0.29, 0.717) is 32.9 Å². The van der Waals surface area contributed by atoms with Crippen molar-refractivity contribution in [3.05, 3.63) is 0 Å². The van der Waals surface area contributed by atoms with Gasteiger partial charge >= 0.3 is 11.9 Å². The zero-order valence-corrected chi connectivity index (χ0v) is 29.3. The summed E-state index contributed by atoms with van der Waals surface area (Å²) in [6.07, 6.45) is -0.208. The molecule has 15 heteroatoms. The van der Waals surface area contributed by atoms with E-state index in [4.69, 9.17) is 24.1 Å². The minimum Gasteiger partial charge on any atom is -0.481 e. The van der Waals surface area contributed by atoms with Crippen molar-refractivity contribution in [1.29, 1.82) is 0 Å². The Morgan fingerprint density at radius 1 is 0.660 bits per heavy atom. The van der Waals surface area contributed by atoms with Crippen LogP contribution in [0.15, 0.2) is 0 Å². The van der Waals surface area contributed by atoms with Gasteiger partial charge in [0.05, 0.1) is 56.6 Å². The van der Waals surface area contributed by atoms with E-state index in [1.54, 1.807) is 41.5 Å². The third kappa shape index (κ3) is 19.6. The molecule has 0 aliphatic heterocycles. The van der Waals surface area contributed by atoms with Crippen molar-refractivity contribution in [2.75, 3.05) is 65.9 Å². The molecule has 5 N–H and O–H groups in total. The second-order valence-electron chi connectivity index (χ2n) is 13.2. The molecule has 15 nitrogen and oxygen atoms in total. The largest absolute Gasteiger partial charge is 0.481 e. The fourth-order valence-electron chi connectivity index (χ4n) is 4.21. The first kappa shape index (κ1) is 44.2. The quantitative estimate of drug-likeness (QED) is 0.0700. The van der Waals surface area contributed by atoms with Crippen molar-refractivity contribution in [1.82, 2.24) is 16.0 Å². The highest BCUT2D eigenvalue weighted by molar-refractivity contribution is 5.90. The van der Waals surface area contributed by atoms with Crippen LogP contribution in [-0.2, 0) is 47.7 Å². The Bertz CT molecular complexity index is 1030. The summed E-state index contributed by atoms with van der Waals surface area (Å²) in [4.78, 5) is 71.8. The molecule has 272 valence electrons. The number of carboxylic acid groups (broad SMARTS) is 2. The van der Waals surface area contributed by atoms with Gasteiger partial charge in [0.1, 0.15) is 19.3 Å². The highest BCUT2D eigenvalue weighted by Crippen LogP contribution is 2.26. The number of hydrogen-bond donors (Lipinski definition) is 5. The molecule has 0 spiro atoms. The molecule has 0 fully saturated rings. The standard InChI is InChI=1S/C32H57N3O12/c1-22(27(39)40)19-30(3,4)29(43)35-24(28(41)42)9-10-25(37)31(5,6)33-11-13-45-16-18-47-21-26(38)32(7,8)34-12-14-44-15-17-46-20-23(2)36/h22,24,33-34H,9-21H2,1-8H3,(H,35,43)(H,39,40)(H,41,42). The number of rotatable bonds is 29. The van der Waals surface area contributed by atoms with Gasteiger partial charge < -0.3 is 45.1 Å². The molecule has 0 saturated heterocycles. The zero-order chi connectivity index (χ0) is 36.3. The van der Waals surface area contributed by atoms with Crippen LogP contribution in [0.4, 0.5) is 0 Å². The molecule has 0 aliphatic carbocycles. The second kappa shape index (κ2) is 21.9. The summed E-state index contributed by atoms with van der Waals surface area (Å²) in [7, 11) is 0. The van der Waals surface area contributed by atoms with Crippen LogP contribution in [-0.4, -0.2) is 128 Å². The number of Topliss-reactive ketones (excluding diaryl/α,β-unsaturated/α-hetero) is 3. The first-order valence-electron chi connectivity index (χ1n) is 15.9. The Morgan fingerprint density at radius 2 is 1.13 bits per heavy atom. The molecule has 1 amide bonds. The molecular formula is C32H57N3O12. The minimum atomic E-state index is -1.30. The van der Waals surface area contributed by atoms with E-state index in [2.05, 4.69) is 16.0 Å². The molecule has 0 saturated carbocycles. The van der Waals surface area contributed by atoms with Gasteiger partial charge in [-0.2, -0.15) is 0 Å². The van der Waals surface area contributed by atoms with Gasteiger partial charge in [0.15, 0.2) is 17.3 Å². The maximum atomic E-state index is 12.8. The highest BCUT2D eigenvalue weighted by atomic mass is 16.5. The molecule has 0 aromatic carbocycles. The predicted octanol–water partition coefficient (Wildman–Crippen LogP) is 1.00. The number of hydrogen-bond acceptors (Lipinski definition) is 12. The van der Waals surface area contributed by atoms with Crippen molar-refractivity contribution in [2.24, 2.45) is 11.3 Å². The van der Waals surface area contributed by atoms with E-state index in [-0.39, 0.29) is 69.6 Å². The molecule has 2 atom stereocenters. The summed E-state index contributed by atoms with van der Waals surface area (Å²) in [6, 6.07) is -1.30. The lowest BCUT2D eigenvalue weighted by Crippen LogP contribution is -2.50. The Labute approximate surface area is 278 Å². The molecule has 0 bridgehead atoms. The fourth-order valence-corrected chi connectivity index (χ4v) is 4.21. The van der Waals surface area contributed by atoms with Crippen LogP contribution in [0, 0.1) is 11.3 Å². The summed E-state index contributed by atoms with van der Waals surface area (Å²) in [5.74, 6) is -4.15. The molecule has 0 radical (unpaired) electrons. The Kier molecular flexibility index (Phi) is 20.6. The molecule has 0 rings (SSSR count). The fraction of sp³-hybridized carbons (Fsp3) is 0.812. The average Bonchev–Trinajstić information content (AvgIpc) is 2.96. The van der Waals surface area contributed by atoms with Gasteiger partial charge in [-0.25, -0.2) is 4.79 Å². The molecular weight excluding hydrogens is 618 g/mol. The van der Waals surface area contributed by atoms with Crippen molar-refractivity contribution >= 4 is 35.2 Å². The van der Waals surface area contributed by atoms with Crippen molar-refractivity contribution in [2.45, 2.75) is 91.8 Å². The summed E-state index contributed by atoms with van der Waals surface area (Å²) in [5.41, 5.74) is -2.91. The summed E-state index contributed by atoms with van der Waals surface area (Å²) in [5, 5.41) is 27.4. The summed E-state index contributed by atoms with van der Waals surface area (Å²) < 4.78 is 21.5. The second-order valence-corrected chi connectivity index (χ2v) is 13.2. The van der Waals surface area contributed by atoms with E-state index < -0.39 is 46.3 Å². The summed E-state index contributed by atoms with van der Waals surface area (Å²) >= 11 is 0. The van der Waals surface area contributed by atoms with E-state index in [9.17, 15) is 33.9 Å². The zero-order valence-electron chi connectivity index (χ0n) is 29.3. The van der Waals surface area contributed by atoms with Gasteiger partial charge in [0.2, 0.25) is 5.91 Å². The number of carbonyl (C=O) groups excluding carboxylic acids is 4. The van der Waals surface area contributed by atoms with Gasteiger partial charge in [0.25, 0.3) is 0 Å². The topological polar surface area (TPSA) is 216 Å². The Hall–Kier alpha value is -2.82. The van der Waals surface area contributed by atoms with Gasteiger partial charge in [0, 0.05) is 24.9 Å². The molecule has 0 aromatic heterocycles. The van der Waals surface area contributed by atoms with Crippen molar-refractivity contribution < 1.29 is 57.9 Å². The third-order valence-electron chi connectivity index (χ3n) is 7.42. The first-order chi connectivity index (χ1) is 21.7. The number of amides is 1. The van der Waals surface area contributed by atoms with E-state index in [0.717, 1.165) is 0 Å². The van der Waals surface area contributed by atoms with Gasteiger partial charge in [-0.1, -0.05) is 20.8 Å². The first-order valence-corrected chi connectivity index (χ1v) is 15.9. The van der Waals surface area contributed by atoms with Crippen LogP contribution in [0.2, 0.25) is 0 Å². The van der Waals surface area contributed by atoms with Crippen LogP contribution >= 0.6 is 0 Å². The highest BCUT2D eigenvalue weighted by Gasteiger charge is 2.35. The smallest absolute Gasteiger partial charge is 0.326 e. The van der Waals surface area contributed by atoms with E-state index >= 15 is 0 Å². The average molecular weight is 676 g/mol. The number of ether oxygens (including phenoxy) is 4. The predicted molar refractivity (Wildman–Crippen MR) is 172 cm³/mol. The SMILES string of the molecule is CC(=O)COCCOCCNC(C)(C)C(=O)COCCOCCNC(C)(C)C(=O)CCC(NC(=O)C(C)(C)CC(C)C(=O)O)C(=O)O. The third-order valence-corrected chi connectivity index (χ3v) is 7.42. The lowest BCUT2D eigenvalue weighted by Gasteiger charge is -2.28. The van der Waals surface area contributed by atoms with Gasteiger partial charge in [-0.05, 0) is 47.5 Å². The van der Waals surface area contributed by atoms with Gasteiger partial charge in [-0.15, -0.1) is 0 Å². The molecule has 2 unspecified atom stereocenters. The number of ketones is 3. The maximum absolute atomic E-state index is 12.8. The summed E-state index contributed by atoms with van der Waals surface area (Å²) in [6.45, 7) is 15.3. The number of aliphatic carboxylic acids is 2. The molecule has 47 heavy (non-hydrogen) atoms. The van der Waals surface area contributed by atoms with Crippen LogP contribution < -0.4 is 16.0 Å². The lowest BCUT2D eigenvalue weighted by atomic mass is 9.82.